The van der Waals surface area contributed by atoms with Crippen LogP contribution < -0.4 is 0 Å². The highest BCUT2D eigenvalue weighted by atomic mass is 28.4. The van der Waals surface area contributed by atoms with Crippen molar-refractivity contribution in [2.75, 3.05) is 0 Å². The minimum absolute atomic E-state index is 0.180. The van der Waals surface area contributed by atoms with E-state index in [9.17, 15) is 4.79 Å². The highest BCUT2D eigenvalue weighted by Gasteiger charge is 2.49. The fraction of sp³-hybridized carbons (Fsp3) is 0.833. The number of hydrogen-bond donors (Lipinski definition) is 0. The molecule has 0 atom stereocenters. The fourth-order valence-electron chi connectivity index (χ4n) is 2.46. The quantitative estimate of drug-likeness (QED) is 0.433. The molecule has 0 aromatic carbocycles. The summed E-state index contributed by atoms with van der Waals surface area (Å²) >= 11 is 0. The first-order valence-electron chi connectivity index (χ1n) is 8.07. The van der Waals surface area contributed by atoms with E-state index in [0.717, 1.165) is 12.8 Å². The molecule has 1 saturated carbocycles. The molecule has 0 aromatic heterocycles. The van der Waals surface area contributed by atoms with E-state index in [0.29, 0.717) is 0 Å². The zero-order chi connectivity index (χ0) is 17.4. The summed E-state index contributed by atoms with van der Waals surface area (Å²) in [6, 6.07) is 0. The van der Waals surface area contributed by atoms with Crippen LogP contribution in [-0.4, -0.2) is 26.0 Å². The van der Waals surface area contributed by atoms with Crippen molar-refractivity contribution < 1.29 is 14.0 Å². The second-order valence-electron chi connectivity index (χ2n) is 9.10. The molecule has 1 fully saturated rings. The topological polar surface area (TPSA) is 35.5 Å². The van der Waals surface area contributed by atoms with Gasteiger partial charge in [0.25, 0.3) is 0 Å². The number of terminal acetylenes is 1. The average molecular weight is 325 g/mol. The molecular formula is C18H32O3Si. The Bertz CT molecular complexity index is 454. The van der Waals surface area contributed by atoms with Crippen LogP contribution in [0.25, 0.3) is 0 Å². The molecule has 0 spiro atoms. The Morgan fingerprint density at radius 2 is 1.73 bits per heavy atom. The maximum absolute atomic E-state index is 12.0. The van der Waals surface area contributed by atoms with Crippen LogP contribution in [0, 0.1) is 17.8 Å². The van der Waals surface area contributed by atoms with Gasteiger partial charge in [-0.2, -0.15) is 0 Å². The molecule has 0 saturated heterocycles. The van der Waals surface area contributed by atoms with Crippen molar-refractivity contribution in [3.63, 3.8) is 0 Å². The zero-order valence-corrected chi connectivity index (χ0v) is 16.5. The lowest BCUT2D eigenvalue weighted by Crippen LogP contribution is -2.51. The van der Waals surface area contributed by atoms with Crippen LogP contribution in [0.3, 0.4) is 0 Å². The van der Waals surface area contributed by atoms with Gasteiger partial charge in [0.2, 0.25) is 0 Å². The monoisotopic (exact) mass is 324 g/mol. The Labute approximate surface area is 137 Å². The Kier molecular flexibility index (Phi) is 5.26. The normalized spacial score (nSPS) is 26.0. The van der Waals surface area contributed by atoms with Crippen molar-refractivity contribution in [3.05, 3.63) is 0 Å². The van der Waals surface area contributed by atoms with E-state index < -0.39 is 13.9 Å². The lowest BCUT2D eigenvalue weighted by Gasteiger charge is -2.49. The Balaban J connectivity index is 2.59. The van der Waals surface area contributed by atoms with Crippen LogP contribution in [0.1, 0.15) is 60.8 Å². The second-order valence-corrected chi connectivity index (χ2v) is 13.9. The van der Waals surface area contributed by atoms with E-state index >= 15 is 0 Å². The molecule has 0 bridgehead atoms. The second kappa shape index (κ2) is 6.01. The summed E-state index contributed by atoms with van der Waals surface area (Å²) in [6.07, 6.45) is 7.68. The number of carbonyl (C=O) groups excluding carboxylic acids is 1. The van der Waals surface area contributed by atoms with Gasteiger partial charge in [0.15, 0.2) is 8.32 Å². The van der Waals surface area contributed by atoms with Crippen molar-refractivity contribution in [3.8, 4) is 12.3 Å². The third-order valence-electron chi connectivity index (χ3n) is 4.71. The van der Waals surface area contributed by atoms with Crippen molar-refractivity contribution in [1.82, 2.24) is 0 Å². The van der Waals surface area contributed by atoms with Crippen LogP contribution in [-0.2, 0) is 14.0 Å². The van der Waals surface area contributed by atoms with E-state index in [1.165, 1.54) is 0 Å². The first-order valence-corrected chi connectivity index (χ1v) is 11.0. The summed E-state index contributed by atoms with van der Waals surface area (Å²) in [5.41, 5.74) is -0.844. The predicted molar refractivity (Wildman–Crippen MR) is 93.0 cm³/mol. The molecule has 0 aromatic rings. The molecule has 0 N–H and O–H groups in total. The van der Waals surface area contributed by atoms with Crippen LogP contribution in [0.4, 0.5) is 0 Å². The number of hydrogen-bond acceptors (Lipinski definition) is 3. The standard InChI is InChI=1S/C18H32O3Si/c1-10-18(13-15(19)20-16(2,3)4)11-14(12-18)21-22(8,9)17(5,6)7/h1,14H,11-13H2,2-9H3. The summed E-state index contributed by atoms with van der Waals surface area (Å²) in [5.74, 6) is 2.61. The minimum atomic E-state index is -1.78. The smallest absolute Gasteiger partial charge is 0.307 e. The number of rotatable bonds is 4. The summed E-state index contributed by atoms with van der Waals surface area (Å²) in [4.78, 5) is 12.0. The third kappa shape index (κ3) is 4.86. The summed E-state index contributed by atoms with van der Waals surface area (Å²) in [7, 11) is -1.78. The van der Waals surface area contributed by atoms with Gasteiger partial charge in [-0.25, -0.2) is 0 Å². The van der Waals surface area contributed by atoms with Crippen molar-refractivity contribution in [2.45, 2.75) is 90.6 Å². The van der Waals surface area contributed by atoms with Crippen molar-refractivity contribution >= 4 is 14.3 Å². The fourth-order valence-corrected chi connectivity index (χ4v) is 3.81. The van der Waals surface area contributed by atoms with Crippen LogP contribution >= 0.6 is 0 Å². The molecule has 22 heavy (non-hydrogen) atoms. The van der Waals surface area contributed by atoms with Gasteiger partial charge in [0, 0.05) is 11.5 Å². The van der Waals surface area contributed by atoms with Crippen LogP contribution in [0.2, 0.25) is 18.1 Å². The van der Waals surface area contributed by atoms with E-state index in [1.54, 1.807) is 0 Å². The predicted octanol–water partition coefficient (Wildman–Crippen LogP) is 4.52. The number of ether oxygens (including phenoxy) is 1. The van der Waals surface area contributed by atoms with Gasteiger partial charge < -0.3 is 9.16 Å². The Hall–Kier alpha value is -0.793. The van der Waals surface area contributed by atoms with Crippen molar-refractivity contribution in [2.24, 2.45) is 5.41 Å². The number of esters is 1. The molecule has 1 aliphatic carbocycles. The summed E-state index contributed by atoms with van der Waals surface area (Å²) < 4.78 is 11.8. The van der Waals surface area contributed by atoms with Crippen LogP contribution in [0.5, 0.6) is 0 Å². The maximum atomic E-state index is 12.0. The zero-order valence-electron chi connectivity index (χ0n) is 15.5. The van der Waals surface area contributed by atoms with Gasteiger partial charge in [-0.05, 0) is 51.7 Å². The van der Waals surface area contributed by atoms with Crippen LogP contribution in [0.15, 0.2) is 0 Å². The van der Waals surface area contributed by atoms with E-state index in [2.05, 4.69) is 39.8 Å². The molecule has 4 heteroatoms. The van der Waals surface area contributed by atoms with Gasteiger partial charge in [0.05, 0.1) is 6.42 Å². The molecule has 0 amide bonds. The van der Waals surface area contributed by atoms with Gasteiger partial charge >= 0.3 is 5.97 Å². The molecule has 0 aliphatic heterocycles. The number of carbonyl (C=O) groups is 1. The molecule has 0 radical (unpaired) electrons. The lowest BCUT2D eigenvalue weighted by molar-refractivity contribution is -0.159. The van der Waals surface area contributed by atoms with Crippen molar-refractivity contribution in [1.29, 1.82) is 0 Å². The Morgan fingerprint density at radius 1 is 1.23 bits per heavy atom. The largest absolute Gasteiger partial charge is 0.460 e. The first kappa shape index (κ1) is 19.3. The molecule has 0 unspecified atom stereocenters. The molecule has 126 valence electrons. The van der Waals surface area contributed by atoms with E-state index in [4.69, 9.17) is 15.6 Å². The molecule has 1 rings (SSSR count). The van der Waals surface area contributed by atoms with E-state index in [-0.39, 0.29) is 28.9 Å². The minimum Gasteiger partial charge on any atom is -0.460 e. The molecule has 0 heterocycles. The van der Waals surface area contributed by atoms with Gasteiger partial charge in [-0.3, -0.25) is 4.79 Å². The summed E-state index contributed by atoms with van der Waals surface area (Å²) in [5, 5.41) is 0.187. The summed E-state index contributed by atoms with van der Waals surface area (Å²) in [6.45, 7) is 16.8. The molecular weight excluding hydrogens is 292 g/mol. The lowest BCUT2D eigenvalue weighted by atomic mass is 9.65. The van der Waals surface area contributed by atoms with Gasteiger partial charge in [0.1, 0.15) is 5.60 Å². The van der Waals surface area contributed by atoms with Gasteiger partial charge in [-0.15, -0.1) is 6.42 Å². The first-order chi connectivity index (χ1) is 9.70. The van der Waals surface area contributed by atoms with E-state index in [1.807, 2.05) is 20.8 Å². The molecule has 1 aliphatic rings. The highest BCUT2D eigenvalue weighted by molar-refractivity contribution is 6.74. The highest BCUT2D eigenvalue weighted by Crippen LogP contribution is 2.48. The Morgan fingerprint density at radius 3 is 2.09 bits per heavy atom. The van der Waals surface area contributed by atoms with Gasteiger partial charge in [-0.1, -0.05) is 26.7 Å². The molecule has 3 nitrogen and oxygen atoms in total. The SMILES string of the molecule is C#CC1(CC(=O)OC(C)(C)C)CC(O[Si](C)(C)C(C)(C)C)C1. The third-order valence-corrected chi connectivity index (χ3v) is 9.25. The average Bonchev–Trinajstić information content (AvgIpc) is 2.20. The maximum Gasteiger partial charge on any atom is 0.307 e.